The monoisotopic (exact) mass is 349 g/mol. The molecule has 26 heavy (non-hydrogen) atoms. The van der Waals surface area contributed by atoms with Crippen molar-refractivity contribution in [3.63, 3.8) is 0 Å². The summed E-state index contributed by atoms with van der Waals surface area (Å²) in [5.41, 5.74) is 2.30. The minimum atomic E-state index is 0.204. The van der Waals surface area contributed by atoms with E-state index in [1.807, 2.05) is 53.2 Å². The summed E-state index contributed by atoms with van der Waals surface area (Å²) in [5, 5.41) is 0. The zero-order chi connectivity index (χ0) is 18.2. The lowest BCUT2D eigenvalue weighted by molar-refractivity contribution is -0.131. The molecule has 2 aromatic rings. The lowest BCUT2D eigenvalue weighted by atomic mass is 10.2. The first-order valence-corrected chi connectivity index (χ1v) is 9.20. The van der Waals surface area contributed by atoms with E-state index in [1.54, 1.807) is 0 Å². The molecule has 2 aromatic carbocycles. The van der Waals surface area contributed by atoms with Crippen molar-refractivity contribution in [1.82, 2.24) is 9.80 Å². The molecule has 1 saturated heterocycles. The molecule has 1 amide bonds. The van der Waals surface area contributed by atoms with Crippen molar-refractivity contribution in [2.75, 3.05) is 51.2 Å². The largest absolute Gasteiger partial charge is 0.365 e. The second-order valence-electron chi connectivity index (χ2n) is 6.69. The van der Waals surface area contributed by atoms with Crippen molar-refractivity contribution in [2.45, 2.75) is 0 Å². The van der Waals surface area contributed by atoms with Crippen molar-refractivity contribution in [3.8, 4) is 0 Å². The summed E-state index contributed by atoms with van der Waals surface area (Å²) in [5.74, 6) is 0.204. The van der Waals surface area contributed by atoms with Crippen LogP contribution in [0.3, 0.4) is 0 Å². The molecule has 0 saturated carbocycles. The second-order valence-corrected chi connectivity index (χ2v) is 6.69. The van der Waals surface area contributed by atoms with Gasteiger partial charge < -0.3 is 9.80 Å². The first-order chi connectivity index (χ1) is 12.7. The highest BCUT2D eigenvalue weighted by molar-refractivity contribution is 5.81. The Hall–Kier alpha value is -2.59. The van der Waals surface area contributed by atoms with Gasteiger partial charge in [0.05, 0.1) is 6.54 Å². The first-order valence-electron chi connectivity index (χ1n) is 9.20. The molecule has 136 valence electrons. The van der Waals surface area contributed by atoms with E-state index in [2.05, 4.69) is 41.3 Å². The number of rotatable bonds is 6. The number of amides is 1. The Morgan fingerprint density at radius 1 is 0.962 bits per heavy atom. The normalized spacial score (nSPS) is 15.3. The molecule has 3 rings (SSSR count). The van der Waals surface area contributed by atoms with Crippen molar-refractivity contribution >= 4 is 17.7 Å². The number of nitrogens with zero attached hydrogens (tertiary/aromatic N) is 3. The van der Waals surface area contributed by atoms with Gasteiger partial charge in [-0.15, -0.1) is 0 Å². The third kappa shape index (κ3) is 5.20. The van der Waals surface area contributed by atoms with E-state index in [0.29, 0.717) is 6.54 Å². The van der Waals surface area contributed by atoms with E-state index in [-0.39, 0.29) is 5.91 Å². The van der Waals surface area contributed by atoms with Crippen LogP contribution in [0, 0.1) is 0 Å². The number of likely N-dealkylation sites (N-methyl/N-ethyl adjacent to an activating group) is 1. The summed E-state index contributed by atoms with van der Waals surface area (Å²) in [7, 11) is 1.97. The standard InChI is InChI=1S/C22H27N3O/c1-23(21-12-6-3-7-13-21)19-22(26)25-17-15-24(16-18-25)14-8-11-20-9-4-2-5-10-20/h2-13H,14-19H2,1H3/b11-8+. The topological polar surface area (TPSA) is 26.8 Å². The summed E-state index contributed by atoms with van der Waals surface area (Å²) in [6, 6.07) is 20.4. The highest BCUT2D eigenvalue weighted by Crippen LogP contribution is 2.12. The Balaban J connectivity index is 1.41. The van der Waals surface area contributed by atoms with Crippen LogP contribution in [0.25, 0.3) is 6.08 Å². The van der Waals surface area contributed by atoms with E-state index in [1.165, 1.54) is 5.56 Å². The van der Waals surface area contributed by atoms with Gasteiger partial charge in [-0.2, -0.15) is 0 Å². The first kappa shape index (κ1) is 18.2. The Labute approximate surface area is 156 Å². The van der Waals surface area contributed by atoms with Crippen molar-refractivity contribution in [1.29, 1.82) is 0 Å². The van der Waals surface area contributed by atoms with Gasteiger partial charge in [-0.3, -0.25) is 9.69 Å². The van der Waals surface area contributed by atoms with Gasteiger partial charge in [0.2, 0.25) is 5.91 Å². The van der Waals surface area contributed by atoms with Crippen LogP contribution in [0.4, 0.5) is 5.69 Å². The Morgan fingerprint density at radius 2 is 1.58 bits per heavy atom. The maximum atomic E-state index is 12.5. The summed E-state index contributed by atoms with van der Waals surface area (Å²) < 4.78 is 0. The summed E-state index contributed by atoms with van der Waals surface area (Å²) in [6.07, 6.45) is 4.36. The highest BCUT2D eigenvalue weighted by Gasteiger charge is 2.21. The van der Waals surface area contributed by atoms with E-state index in [0.717, 1.165) is 38.4 Å². The maximum absolute atomic E-state index is 12.5. The molecule has 0 radical (unpaired) electrons. The fourth-order valence-corrected chi connectivity index (χ4v) is 3.16. The van der Waals surface area contributed by atoms with Gasteiger partial charge in [0, 0.05) is 45.5 Å². The lowest BCUT2D eigenvalue weighted by Crippen LogP contribution is -2.50. The molecule has 1 aliphatic heterocycles. The summed E-state index contributed by atoms with van der Waals surface area (Å²) >= 11 is 0. The third-order valence-corrected chi connectivity index (χ3v) is 4.77. The van der Waals surface area contributed by atoms with Gasteiger partial charge in [-0.1, -0.05) is 60.7 Å². The molecule has 0 bridgehead atoms. The molecule has 0 aromatic heterocycles. The average molecular weight is 349 g/mol. The molecule has 0 N–H and O–H groups in total. The zero-order valence-corrected chi connectivity index (χ0v) is 15.4. The smallest absolute Gasteiger partial charge is 0.242 e. The van der Waals surface area contributed by atoms with E-state index >= 15 is 0 Å². The van der Waals surface area contributed by atoms with E-state index < -0.39 is 0 Å². The van der Waals surface area contributed by atoms with Gasteiger partial charge in [0.25, 0.3) is 0 Å². The Bertz CT molecular complexity index is 707. The highest BCUT2D eigenvalue weighted by atomic mass is 16.2. The number of para-hydroxylation sites is 1. The fourth-order valence-electron chi connectivity index (χ4n) is 3.16. The van der Waals surface area contributed by atoms with Crippen LogP contribution in [-0.2, 0) is 4.79 Å². The SMILES string of the molecule is CN(CC(=O)N1CCN(C/C=C/c2ccccc2)CC1)c1ccccc1. The molecule has 0 spiro atoms. The van der Waals surface area contributed by atoms with Crippen molar-refractivity contribution < 1.29 is 4.79 Å². The van der Waals surface area contributed by atoms with Gasteiger partial charge in [-0.05, 0) is 17.7 Å². The number of carbonyl (C=O) groups excluding carboxylic acids is 1. The quantitative estimate of drug-likeness (QED) is 0.802. The van der Waals surface area contributed by atoms with Gasteiger partial charge in [-0.25, -0.2) is 0 Å². The van der Waals surface area contributed by atoms with Crippen LogP contribution in [0.2, 0.25) is 0 Å². The number of benzene rings is 2. The molecule has 1 aliphatic rings. The molecule has 1 heterocycles. The molecule has 0 unspecified atom stereocenters. The van der Waals surface area contributed by atoms with Crippen LogP contribution in [-0.4, -0.2) is 62.0 Å². The van der Waals surface area contributed by atoms with Crippen LogP contribution in [0.15, 0.2) is 66.7 Å². The Morgan fingerprint density at radius 3 is 2.23 bits per heavy atom. The minimum Gasteiger partial charge on any atom is -0.365 e. The molecule has 0 atom stereocenters. The van der Waals surface area contributed by atoms with Gasteiger partial charge >= 0.3 is 0 Å². The second kappa shape index (κ2) is 9.20. The predicted octanol–water partition coefficient (Wildman–Crippen LogP) is 2.98. The number of anilines is 1. The number of carbonyl (C=O) groups is 1. The Kier molecular flexibility index (Phi) is 6.45. The van der Waals surface area contributed by atoms with Crippen molar-refractivity contribution in [3.05, 3.63) is 72.3 Å². The molecule has 0 aliphatic carbocycles. The van der Waals surface area contributed by atoms with Crippen molar-refractivity contribution in [2.24, 2.45) is 0 Å². The van der Waals surface area contributed by atoms with E-state index in [9.17, 15) is 4.79 Å². The predicted molar refractivity (Wildman–Crippen MR) is 108 cm³/mol. The molecular weight excluding hydrogens is 322 g/mol. The summed E-state index contributed by atoms with van der Waals surface area (Å²) in [4.78, 5) is 18.9. The minimum absolute atomic E-state index is 0.204. The lowest BCUT2D eigenvalue weighted by Gasteiger charge is -2.35. The van der Waals surface area contributed by atoms with Crippen LogP contribution in [0.5, 0.6) is 0 Å². The van der Waals surface area contributed by atoms with Crippen LogP contribution >= 0.6 is 0 Å². The molecule has 1 fully saturated rings. The van der Waals surface area contributed by atoms with E-state index in [4.69, 9.17) is 0 Å². The van der Waals surface area contributed by atoms with Crippen LogP contribution in [0.1, 0.15) is 5.56 Å². The number of hydrogen-bond donors (Lipinski definition) is 0. The molecule has 4 heteroatoms. The number of hydrogen-bond acceptors (Lipinski definition) is 3. The third-order valence-electron chi connectivity index (χ3n) is 4.77. The molecule has 4 nitrogen and oxygen atoms in total. The zero-order valence-electron chi connectivity index (χ0n) is 15.4. The van der Waals surface area contributed by atoms with Gasteiger partial charge in [0.15, 0.2) is 0 Å². The average Bonchev–Trinajstić information content (AvgIpc) is 2.70. The fraction of sp³-hybridized carbons (Fsp3) is 0.318. The summed E-state index contributed by atoms with van der Waals surface area (Å²) in [6.45, 7) is 4.83. The number of piperazine rings is 1. The maximum Gasteiger partial charge on any atom is 0.242 e. The molecular formula is C22H27N3O. The van der Waals surface area contributed by atoms with Gasteiger partial charge in [0.1, 0.15) is 0 Å². The van der Waals surface area contributed by atoms with Crippen LogP contribution < -0.4 is 4.90 Å².